The fourth-order valence-corrected chi connectivity index (χ4v) is 2.78. The van der Waals surface area contributed by atoms with Gasteiger partial charge in [0.15, 0.2) is 0 Å². The first-order valence-electron chi connectivity index (χ1n) is 9.80. The summed E-state index contributed by atoms with van der Waals surface area (Å²) in [7, 11) is 1.58. The summed E-state index contributed by atoms with van der Waals surface area (Å²) in [6.07, 6.45) is 5.97. The molecule has 0 aliphatic carbocycles. The lowest BCUT2D eigenvalue weighted by atomic mass is 10.2. The number of nitrogens with zero attached hydrogens (tertiary/aromatic N) is 1. The van der Waals surface area contributed by atoms with Crippen molar-refractivity contribution in [1.29, 1.82) is 0 Å². The second kappa shape index (κ2) is 15.0. The number of rotatable bonds is 18. The van der Waals surface area contributed by atoms with Crippen molar-refractivity contribution < 1.29 is 32.5 Å². The molecule has 0 radical (unpaired) electrons. The molecule has 0 aromatic heterocycles. The molecule has 0 bridgehead atoms. The third-order valence-corrected chi connectivity index (χ3v) is 4.69. The SMILES string of the molecule is CCCCCOCC(COP(=O)([O-])OCC[N+](C)(C)C)OCCCCC. The molecule has 0 aliphatic heterocycles. The third-order valence-electron chi connectivity index (χ3n) is 3.73. The predicted octanol–water partition coefficient (Wildman–Crippen LogP) is 2.98. The molecule has 0 saturated carbocycles. The Kier molecular flexibility index (Phi) is 15.0. The number of phosphoric ester groups is 1. The maximum atomic E-state index is 11.9. The summed E-state index contributed by atoms with van der Waals surface area (Å²) in [5.74, 6) is 0. The Morgan fingerprint density at radius 2 is 1.50 bits per heavy atom. The van der Waals surface area contributed by atoms with E-state index >= 15 is 0 Å². The van der Waals surface area contributed by atoms with Crippen molar-refractivity contribution in [2.24, 2.45) is 0 Å². The standard InChI is InChI=1S/C18H40NO6P/c1-6-8-10-13-22-16-18(23-14-11-9-7-2)17-25-26(20,21)24-15-12-19(3,4)5/h18H,6-17H2,1-5H3. The number of hydrogen-bond donors (Lipinski definition) is 0. The van der Waals surface area contributed by atoms with Crippen LogP contribution in [0.1, 0.15) is 52.4 Å². The second-order valence-corrected chi connectivity index (χ2v) is 8.98. The molecule has 0 aromatic rings. The van der Waals surface area contributed by atoms with Crippen LogP contribution in [0.3, 0.4) is 0 Å². The Bertz CT molecular complexity index is 375. The maximum Gasteiger partial charge on any atom is 0.268 e. The van der Waals surface area contributed by atoms with Crippen LogP contribution < -0.4 is 4.89 Å². The zero-order chi connectivity index (χ0) is 19.9. The lowest BCUT2D eigenvalue weighted by molar-refractivity contribution is -0.870. The number of quaternary nitrogens is 1. The van der Waals surface area contributed by atoms with Gasteiger partial charge in [0.2, 0.25) is 0 Å². The van der Waals surface area contributed by atoms with E-state index in [-0.39, 0.29) is 13.2 Å². The molecule has 2 unspecified atom stereocenters. The molecule has 8 heteroatoms. The monoisotopic (exact) mass is 397 g/mol. The molecule has 0 amide bonds. The Balaban J connectivity index is 4.23. The quantitative estimate of drug-likeness (QED) is 0.201. The molecular weight excluding hydrogens is 357 g/mol. The first-order chi connectivity index (χ1) is 12.2. The van der Waals surface area contributed by atoms with Crippen molar-refractivity contribution in [2.45, 2.75) is 58.5 Å². The highest BCUT2D eigenvalue weighted by Gasteiger charge is 2.17. The molecule has 0 rings (SSSR count). The number of hydrogen-bond acceptors (Lipinski definition) is 6. The van der Waals surface area contributed by atoms with Gasteiger partial charge in [-0.05, 0) is 12.8 Å². The Hall–Kier alpha value is -0.0100. The van der Waals surface area contributed by atoms with Crippen molar-refractivity contribution in [2.75, 3.05) is 60.7 Å². The van der Waals surface area contributed by atoms with E-state index in [1.807, 2.05) is 21.1 Å². The molecule has 0 N–H and O–H groups in total. The van der Waals surface area contributed by atoms with Gasteiger partial charge in [0.1, 0.15) is 19.3 Å². The van der Waals surface area contributed by atoms with Crippen molar-refractivity contribution in [3.05, 3.63) is 0 Å². The van der Waals surface area contributed by atoms with Crippen LogP contribution >= 0.6 is 7.82 Å². The van der Waals surface area contributed by atoms with Gasteiger partial charge >= 0.3 is 0 Å². The molecule has 7 nitrogen and oxygen atoms in total. The van der Waals surface area contributed by atoms with Crippen molar-refractivity contribution in [1.82, 2.24) is 0 Å². The molecule has 0 aromatic carbocycles. The summed E-state index contributed by atoms with van der Waals surface area (Å²) < 4.78 is 33.8. The molecule has 0 saturated heterocycles. The highest BCUT2D eigenvalue weighted by molar-refractivity contribution is 7.45. The zero-order valence-corrected chi connectivity index (χ0v) is 18.3. The molecule has 0 heterocycles. The highest BCUT2D eigenvalue weighted by Crippen LogP contribution is 2.38. The Morgan fingerprint density at radius 3 is 2.08 bits per heavy atom. The van der Waals surface area contributed by atoms with E-state index in [0.717, 1.165) is 38.5 Å². The Labute approximate surface area is 160 Å². The second-order valence-electron chi connectivity index (χ2n) is 7.57. The van der Waals surface area contributed by atoms with E-state index in [9.17, 15) is 9.46 Å². The molecule has 2 atom stereocenters. The molecule has 158 valence electrons. The van der Waals surface area contributed by atoms with E-state index in [4.69, 9.17) is 18.5 Å². The maximum absolute atomic E-state index is 11.9. The van der Waals surface area contributed by atoms with E-state index in [1.165, 1.54) is 0 Å². The van der Waals surface area contributed by atoms with Crippen LogP contribution in [0.5, 0.6) is 0 Å². The first kappa shape index (κ1) is 26.0. The first-order valence-corrected chi connectivity index (χ1v) is 11.3. The van der Waals surface area contributed by atoms with Crippen LogP contribution in [0, 0.1) is 0 Å². The molecule has 0 spiro atoms. The number of unbranched alkanes of at least 4 members (excludes halogenated alkanes) is 4. The number of phosphoric acid groups is 1. The van der Waals surface area contributed by atoms with Gasteiger partial charge in [-0.3, -0.25) is 4.57 Å². The molecule has 0 fully saturated rings. The number of ether oxygens (including phenoxy) is 2. The smallest absolute Gasteiger partial charge is 0.268 e. The Morgan fingerprint density at radius 1 is 0.885 bits per heavy atom. The topological polar surface area (TPSA) is 77.1 Å². The van der Waals surface area contributed by atoms with Gasteiger partial charge in [0.05, 0.1) is 34.4 Å². The minimum atomic E-state index is -4.32. The summed E-state index contributed by atoms with van der Waals surface area (Å²) in [6, 6.07) is 0. The van der Waals surface area contributed by atoms with E-state index in [2.05, 4.69) is 13.8 Å². The summed E-state index contributed by atoms with van der Waals surface area (Å²) in [6.45, 7) is 6.41. The van der Waals surface area contributed by atoms with Crippen LogP contribution in [0.25, 0.3) is 0 Å². The normalized spacial score (nSPS) is 15.8. The van der Waals surface area contributed by atoms with Crippen LogP contribution in [0.4, 0.5) is 0 Å². The fraction of sp³-hybridized carbons (Fsp3) is 1.00. The van der Waals surface area contributed by atoms with Crippen LogP contribution in [-0.4, -0.2) is 71.3 Å². The van der Waals surface area contributed by atoms with Crippen molar-refractivity contribution >= 4 is 7.82 Å². The average molecular weight is 397 g/mol. The van der Waals surface area contributed by atoms with Crippen LogP contribution in [0.15, 0.2) is 0 Å². The highest BCUT2D eigenvalue weighted by atomic mass is 31.2. The summed E-state index contributed by atoms with van der Waals surface area (Å²) in [5, 5.41) is 0. The van der Waals surface area contributed by atoms with Crippen LogP contribution in [-0.2, 0) is 23.1 Å². The minimum Gasteiger partial charge on any atom is -0.756 e. The van der Waals surface area contributed by atoms with E-state index < -0.39 is 13.9 Å². The van der Waals surface area contributed by atoms with Gasteiger partial charge < -0.3 is 27.9 Å². The van der Waals surface area contributed by atoms with Crippen LogP contribution in [0.2, 0.25) is 0 Å². The molecule has 26 heavy (non-hydrogen) atoms. The van der Waals surface area contributed by atoms with Crippen molar-refractivity contribution in [3.63, 3.8) is 0 Å². The minimum absolute atomic E-state index is 0.0783. The van der Waals surface area contributed by atoms with E-state index in [1.54, 1.807) is 0 Å². The van der Waals surface area contributed by atoms with Gasteiger partial charge in [0, 0.05) is 13.2 Å². The zero-order valence-electron chi connectivity index (χ0n) is 17.4. The lowest BCUT2D eigenvalue weighted by Gasteiger charge is -2.28. The van der Waals surface area contributed by atoms with Gasteiger partial charge in [-0.2, -0.15) is 0 Å². The number of likely N-dealkylation sites (N-methyl/N-ethyl adjacent to an activating group) is 1. The van der Waals surface area contributed by atoms with Crippen molar-refractivity contribution in [3.8, 4) is 0 Å². The van der Waals surface area contributed by atoms with Gasteiger partial charge in [-0.1, -0.05) is 39.5 Å². The average Bonchev–Trinajstić information content (AvgIpc) is 2.54. The van der Waals surface area contributed by atoms with Gasteiger partial charge in [0.25, 0.3) is 7.82 Å². The lowest BCUT2D eigenvalue weighted by Crippen LogP contribution is -2.37. The predicted molar refractivity (Wildman–Crippen MR) is 102 cm³/mol. The summed E-state index contributed by atoms with van der Waals surface area (Å²) in [5.41, 5.74) is 0. The summed E-state index contributed by atoms with van der Waals surface area (Å²) >= 11 is 0. The summed E-state index contributed by atoms with van der Waals surface area (Å²) in [4.78, 5) is 11.9. The fourth-order valence-electron chi connectivity index (χ4n) is 2.05. The van der Waals surface area contributed by atoms with E-state index in [0.29, 0.717) is 30.8 Å². The molecule has 0 aliphatic rings. The van der Waals surface area contributed by atoms with Gasteiger partial charge in [-0.25, -0.2) is 0 Å². The third kappa shape index (κ3) is 17.4. The van der Waals surface area contributed by atoms with Gasteiger partial charge in [-0.15, -0.1) is 0 Å². The molecular formula is C18H40NO6P. The largest absolute Gasteiger partial charge is 0.756 e.